The van der Waals surface area contributed by atoms with E-state index in [0.717, 1.165) is 5.56 Å². The Hall–Kier alpha value is -0.440. The molecule has 0 amide bonds. The van der Waals surface area contributed by atoms with Crippen LogP contribution in [0.3, 0.4) is 0 Å². The van der Waals surface area contributed by atoms with E-state index < -0.39 is 6.43 Å². The topological polar surface area (TPSA) is 0 Å². The van der Waals surface area contributed by atoms with Crippen molar-refractivity contribution in [3.05, 3.63) is 33.8 Å². The van der Waals surface area contributed by atoms with Crippen molar-refractivity contribution in [3.8, 4) is 0 Å². The lowest BCUT2D eigenvalue weighted by atomic mass is 10.1. The maximum Gasteiger partial charge on any atom is 0.263 e. The van der Waals surface area contributed by atoms with Crippen LogP contribution >= 0.6 is 15.9 Å². The first-order valence-corrected chi connectivity index (χ1v) is 3.94. The summed E-state index contributed by atoms with van der Waals surface area (Å²) < 4.78 is 24.9. The lowest BCUT2D eigenvalue weighted by molar-refractivity contribution is 0.151. The van der Waals surface area contributed by atoms with Gasteiger partial charge in [0.1, 0.15) is 0 Å². The average molecular weight is 221 g/mol. The Morgan fingerprint density at radius 3 is 2.36 bits per heavy atom. The normalized spacial score (nSPS) is 10.6. The molecule has 3 heteroatoms. The van der Waals surface area contributed by atoms with Gasteiger partial charge in [-0.1, -0.05) is 22.0 Å². The number of rotatable bonds is 1. The molecule has 1 aromatic carbocycles. The van der Waals surface area contributed by atoms with Crippen molar-refractivity contribution in [1.29, 1.82) is 0 Å². The van der Waals surface area contributed by atoms with Crippen molar-refractivity contribution in [1.82, 2.24) is 0 Å². The van der Waals surface area contributed by atoms with Gasteiger partial charge in [-0.2, -0.15) is 0 Å². The summed E-state index contributed by atoms with van der Waals surface area (Å²) in [6.45, 7) is 1.79. The highest BCUT2D eigenvalue weighted by Crippen LogP contribution is 2.23. The van der Waals surface area contributed by atoms with E-state index in [4.69, 9.17) is 0 Å². The summed E-state index contributed by atoms with van der Waals surface area (Å²) in [6, 6.07) is 4.71. The molecule has 0 aromatic heterocycles. The van der Waals surface area contributed by atoms with E-state index >= 15 is 0 Å². The molecule has 0 fully saturated rings. The molecule has 0 saturated heterocycles. The second kappa shape index (κ2) is 3.30. The molecule has 0 nitrogen and oxygen atoms in total. The second-order valence-electron chi connectivity index (χ2n) is 2.36. The molecule has 0 aliphatic carbocycles. The van der Waals surface area contributed by atoms with Gasteiger partial charge in [-0.15, -0.1) is 0 Å². The zero-order valence-corrected chi connectivity index (χ0v) is 7.53. The Morgan fingerprint density at radius 2 is 1.91 bits per heavy atom. The van der Waals surface area contributed by atoms with Crippen LogP contribution in [0.15, 0.2) is 22.7 Å². The van der Waals surface area contributed by atoms with Gasteiger partial charge in [0, 0.05) is 10.0 Å². The molecule has 0 atom stereocenters. The monoisotopic (exact) mass is 220 g/mol. The molecule has 0 aliphatic heterocycles. The molecule has 0 unspecified atom stereocenters. The Morgan fingerprint density at radius 1 is 1.27 bits per heavy atom. The van der Waals surface area contributed by atoms with Crippen LogP contribution < -0.4 is 0 Å². The van der Waals surface area contributed by atoms with Gasteiger partial charge in [0.2, 0.25) is 0 Å². The summed E-state index contributed by atoms with van der Waals surface area (Å²) >= 11 is 3.15. The molecular weight excluding hydrogens is 214 g/mol. The highest BCUT2D eigenvalue weighted by molar-refractivity contribution is 9.10. The van der Waals surface area contributed by atoms with Gasteiger partial charge in [-0.3, -0.25) is 0 Å². The van der Waals surface area contributed by atoms with Gasteiger partial charge in [-0.25, -0.2) is 8.78 Å². The number of halogens is 3. The SMILES string of the molecule is Cc1cc(Br)cc(C(F)F)c1. The molecule has 1 rings (SSSR count). The molecule has 0 spiro atoms. The minimum atomic E-state index is -2.38. The maximum absolute atomic E-state index is 12.1. The first-order valence-electron chi connectivity index (χ1n) is 3.15. The highest BCUT2D eigenvalue weighted by atomic mass is 79.9. The lowest BCUT2D eigenvalue weighted by Gasteiger charge is -2.01. The van der Waals surface area contributed by atoms with Gasteiger partial charge in [0.25, 0.3) is 6.43 Å². The molecule has 0 heterocycles. The molecule has 0 aliphatic rings. The van der Waals surface area contributed by atoms with Crippen LogP contribution in [0.1, 0.15) is 17.6 Å². The summed E-state index contributed by atoms with van der Waals surface area (Å²) in [6.07, 6.45) is -2.38. The van der Waals surface area contributed by atoms with Crippen molar-refractivity contribution in [2.75, 3.05) is 0 Å². The smallest absolute Gasteiger partial charge is 0.205 e. The fourth-order valence-corrected chi connectivity index (χ4v) is 1.52. The van der Waals surface area contributed by atoms with Crippen LogP contribution in [0.25, 0.3) is 0 Å². The van der Waals surface area contributed by atoms with Crippen molar-refractivity contribution < 1.29 is 8.78 Å². The number of benzene rings is 1. The molecule has 0 radical (unpaired) electrons. The number of alkyl halides is 2. The summed E-state index contributed by atoms with van der Waals surface area (Å²) in [7, 11) is 0. The van der Waals surface area contributed by atoms with Gasteiger partial charge >= 0.3 is 0 Å². The number of hydrogen-bond donors (Lipinski definition) is 0. The Balaban J connectivity index is 3.08. The standard InChI is InChI=1S/C8H7BrF2/c1-5-2-6(8(10)11)4-7(9)3-5/h2-4,8H,1H3. The molecule has 11 heavy (non-hydrogen) atoms. The zero-order valence-electron chi connectivity index (χ0n) is 5.94. The van der Waals surface area contributed by atoms with Crippen molar-refractivity contribution in [3.63, 3.8) is 0 Å². The fraction of sp³-hybridized carbons (Fsp3) is 0.250. The predicted molar refractivity (Wildman–Crippen MR) is 43.8 cm³/mol. The summed E-state index contributed by atoms with van der Waals surface area (Å²) in [5, 5.41) is 0. The fourth-order valence-electron chi connectivity index (χ4n) is 0.891. The van der Waals surface area contributed by atoms with Crippen molar-refractivity contribution >= 4 is 15.9 Å². The van der Waals surface area contributed by atoms with E-state index in [2.05, 4.69) is 15.9 Å². The molecule has 1 aromatic rings. The summed E-state index contributed by atoms with van der Waals surface area (Å²) in [5.74, 6) is 0. The predicted octanol–water partition coefficient (Wildman–Crippen LogP) is 3.70. The third-order valence-electron chi connectivity index (χ3n) is 1.32. The van der Waals surface area contributed by atoms with Gasteiger partial charge < -0.3 is 0 Å². The third kappa shape index (κ3) is 2.26. The largest absolute Gasteiger partial charge is 0.263 e. The van der Waals surface area contributed by atoms with Gasteiger partial charge in [0.15, 0.2) is 0 Å². The second-order valence-corrected chi connectivity index (χ2v) is 3.28. The first kappa shape index (κ1) is 8.65. The minimum Gasteiger partial charge on any atom is -0.205 e. The van der Waals surface area contributed by atoms with E-state index in [0.29, 0.717) is 4.47 Å². The highest BCUT2D eigenvalue weighted by Gasteiger charge is 2.06. The third-order valence-corrected chi connectivity index (χ3v) is 1.77. The quantitative estimate of drug-likeness (QED) is 0.678. The van der Waals surface area contributed by atoms with Crippen LogP contribution in [-0.4, -0.2) is 0 Å². The van der Waals surface area contributed by atoms with Gasteiger partial charge in [-0.05, 0) is 24.6 Å². The summed E-state index contributed by atoms with van der Waals surface area (Å²) in [5.41, 5.74) is 0.909. The number of aryl methyl sites for hydroxylation is 1. The van der Waals surface area contributed by atoms with E-state index in [9.17, 15) is 8.78 Å². The first-order chi connectivity index (χ1) is 5.09. The van der Waals surface area contributed by atoms with Crippen molar-refractivity contribution in [2.45, 2.75) is 13.3 Å². The molecular formula is C8H7BrF2. The van der Waals surface area contributed by atoms with Crippen LogP contribution in [-0.2, 0) is 0 Å². The van der Waals surface area contributed by atoms with Gasteiger partial charge in [0.05, 0.1) is 0 Å². The molecule has 60 valence electrons. The van der Waals surface area contributed by atoms with Crippen LogP contribution in [0.4, 0.5) is 8.78 Å². The molecule has 0 bridgehead atoms. The number of hydrogen-bond acceptors (Lipinski definition) is 0. The minimum absolute atomic E-state index is 0.0666. The molecule has 0 saturated carbocycles. The van der Waals surface area contributed by atoms with E-state index in [1.165, 1.54) is 12.1 Å². The average Bonchev–Trinajstić information content (AvgIpc) is 1.85. The zero-order chi connectivity index (χ0) is 8.43. The maximum atomic E-state index is 12.1. The Kier molecular flexibility index (Phi) is 2.60. The van der Waals surface area contributed by atoms with E-state index in [1.54, 1.807) is 13.0 Å². The van der Waals surface area contributed by atoms with Crippen LogP contribution in [0, 0.1) is 6.92 Å². The van der Waals surface area contributed by atoms with Crippen LogP contribution in [0.2, 0.25) is 0 Å². The van der Waals surface area contributed by atoms with Crippen LogP contribution in [0.5, 0.6) is 0 Å². The van der Waals surface area contributed by atoms with Crippen molar-refractivity contribution in [2.24, 2.45) is 0 Å². The molecule has 0 N–H and O–H groups in total. The summed E-state index contributed by atoms with van der Waals surface area (Å²) in [4.78, 5) is 0. The van der Waals surface area contributed by atoms with E-state index in [1.807, 2.05) is 0 Å². The van der Waals surface area contributed by atoms with E-state index in [-0.39, 0.29) is 5.56 Å². The Labute approximate surface area is 72.4 Å². The lowest BCUT2D eigenvalue weighted by Crippen LogP contribution is -1.84. The Bertz CT molecular complexity index is 238.